The zero-order valence-electron chi connectivity index (χ0n) is 9.23. The largest absolute Gasteiger partial charge is 0.478 e. The van der Waals surface area contributed by atoms with Gasteiger partial charge in [0.15, 0.2) is 0 Å². The normalized spacial score (nSPS) is 15.8. The molecule has 2 rings (SSSR count). The Labute approximate surface area is 103 Å². The van der Waals surface area contributed by atoms with Gasteiger partial charge in [0.2, 0.25) is 0 Å². The number of thiophene rings is 1. The number of rotatable bonds is 3. The van der Waals surface area contributed by atoms with Crippen molar-refractivity contribution in [2.45, 2.75) is 25.7 Å². The van der Waals surface area contributed by atoms with Gasteiger partial charge < -0.3 is 10.4 Å². The molecule has 0 bridgehead atoms. The molecule has 0 spiro atoms. The Morgan fingerprint density at radius 2 is 2.06 bits per heavy atom. The molecule has 5 heteroatoms. The van der Waals surface area contributed by atoms with Gasteiger partial charge in [-0.15, -0.1) is 11.3 Å². The van der Waals surface area contributed by atoms with Gasteiger partial charge in [-0.1, -0.05) is 6.07 Å². The van der Waals surface area contributed by atoms with E-state index in [9.17, 15) is 9.59 Å². The summed E-state index contributed by atoms with van der Waals surface area (Å²) in [5.41, 5.74) is 0.920. The van der Waals surface area contributed by atoms with Crippen LogP contribution in [0.2, 0.25) is 0 Å². The minimum absolute atomic E-state index is 0.212. The maximum atomic E-state index is 11.8. The molecule has 17 heavy (non-hydrogen) atoms. The first kappa shape index (κ1) is 11.9. The van der Waals surface area contributed by atoms with Gasteiger partial charge in [0.05, 0.1) is 10.5 Å². The molecule has 0 unspecified atom stereocenters. The summed E-state index contributed by atoms with van der Waals surface area (Å²) < 4.78 is 0. The highest BCUT2D eigenvalue weighted by Gasteiger charge is 2.20. The number of carboxylic acids is 1. The number of carbonyl (C=O) groups excluding carboxylic acids is 1. The maximum Gasteiger partial charge on any atom is 0.333 e. The van der Waals surface area contributed by atoms with Gasteiger partial charge >= 0.3 is 5.97 Å². The molecule has 0 fully saturated rings. The molecule has 90 valence electrons. The summed E-state index contributed by atoms with van der Waals surface area (Å²) in [6.07, 6.45) is 2.98. The van der Waals surface area contributed by atoms with Crippen LogP contribution in [0.5, 0.6) is 0 Å². The molecule has 0 atom stereocenters. The van der Waals surface area contributed by atoms with Crippen LogP contribution in [0.1, 0.15) is 35.4 Å². The van der Waals surface area contributed by atoms with Crippen molar-refractivity contribution in [3.05, 3.63) is 33.7 Å². The third-order valence-electron chi connectivity index (χ3n) is 2.74. The van der Waals surface area contributed by atoms with Crippen LogP contribution in [0.4, 0.5) is 0 Å². The molecule has 1 heterocycles. The van der Waals surface area contributed by atoms with Crippen LogP contribution in [0.3, 0.4) is 0 Å². The Morgan fingerprint density at radius 1 is 1.29 bits per heavy atom. The van der Waals surface area contributed by atoms with E-state index < -0.39 is 5.97 Å². The fourth-order valence-electron chi connectivity index (χ4n) is 1.89. The van der Waals surface area contributed by atoms with Crippen molar-refractivity contribution >= 4 is 23.2 Å². The predicted octanol–water partition coefficient (Wildman–Crippen LogP) is 2.39. The van der Waals surface area contributed by atoms with E-state index in [1.165, 1.54) is 11.3 Å². The smallest absolute Gasteiger partial charge is 0.333 e. The lowest BCUT2D eigenvalue weighted by atomic mass is 9.96. The molecule has 0 radical (unpaired) electrons. The fraction of sp³-hybridized carbons (Fsp3) is 0.333. The second kappa shape index (κ2) is 5.14. The van der Waals surface area contributed by atoms with E-state index in [-0.39, 0.29) is 5.91 Å². The van der Waals surface area contributed by atoms with E-state index in [2.05, 4.69) is 5.32 Å². The van der Waals surface area contributed by atoms with Crippen molar-refractivity contribution in [2.75, 3.05) is 0 Å². The number of carboxylic acid groups (broad SMARTS) is 1. The van der Waals surface area contributed by atoms with E-state index in [0.29, 0.717) is 29.0 Å². The Morgan fingerprint density at radius 3 is 2.71 bits per heavy atom. The number of carbonyl (C=O) groups is 2. The van der Waals surface area contributed by atoms with Crippen LogP contribution in [0.15, 0.2) is 28.8 Å². The molecule has 1 aliphatic carbocycles. The SMILES string of the molecule is O=C(O)C1=C(NC(=O)c2cccs2)CCCC1. The van der Waals surface area contributed by atoms with Gasteiger partial charge in [-0.05, 0) is 37.1 Å². The Hall–Kier alpha value is -1.62. The monoisotopic (exact) mass is 251 g/mol. The van der Waals surface area contributed by atoms with Crippen molar-refractivity contribution in [3.63, 3.8) is 0 Å². The number of nitrogens with one attached hydrogen (secondary N) is 1. The first-order valence-corrected chi connectivity index (χ1v) is 6.36. The number of aliphatic carboxylic acids is 1. The topological polar surface area (TPSA) is 66.4 Å². The molecule has 1 amide bonds. The van der Waals surface area contributed by atoms with Crippen LogP contribution in [-0.4, -0.2) is 17.0 Å². The highest BCUT2D eigenvalue weighted by molar-refractivity contribution is 7.12. The lowest BCUT2D eigenvalue weighted by molar-refractivity contribution is -0.133. The summed E-state index contributed by atoms with van der Waals surface area (Å²) in [4.78, 5) is 23.4. The summed E-state index contributed by atoms with van der Waals surface area (Å²) in [6, 6.07) is 3.52. The second-order valence-corrected chi connectivity index (χ2v) is 4.85. The quantitative estimate of drug-likeness (QED) is 0.866. The van der Waals surface area contributed by atoms with Crippen molar-refractivity contribution in [1.29, 1.82) is 0 Å². The number of hydrogen-bond acceptors (Lipinski definition) is 3. The van der Waals surface area contributed by atoms with Gasteiger partial charge in [-0.2, -0.15) is 0 Å². The van der Waals surface area contributed by atoms with Crippen LogP contribution in [0.25, 0.3) is 0 Å². The molecule has 0 aliphatic heterocycles. The van der Waals surface area contributed by atoms with Crippen molar-refractivity contribution in [2.24, 2.45) is 0 Å². The second-order valence-electron chi connectivity index (χ2n) is 3.90. The van der Waals surface area contributed by atoms with Crippen molar-refractivity contribution < 1.29 is 14.7 Å². The molecule has 1 aliphatic rings. The summed E-state index contributed by atoms with van der Waals surface area (Å²) in [5.74, 6) is -1.14. The lowest BCUT2D eigenvalue weighted by Crippen LogP contribution is -2.26. The molecule has 4 nitrogen and oxygen atoms in total. The van der Waals surface area contributed by atoms with Gasteiger partial charge in [0, 0.05) is 5.70 Å². The molecular formula is C12H13NO3S. The molecular weight excluding hydrogens is 238 g/mol. The van der Waals surface area contributed by atoms with Gasteiger partial charge in [-0.25, -0.2) is 4.79 Å². The minimum Gasteiger partial charge on any atom is -0.478 e. The molecule has 2 N–H and O–H groups in total. The average molecular weight is 251 g/mol. The first-order valence-electron chi connectivity index (χ1n) is 5.48. The summed E-state index contributed by atoms with van der Waals surface area (Å²) in [5, 5.41) is 13.6. The molecule has 1 aromatic rings. The van der Waals surface area contributed by atoms with Gasteiger partial charge in [-0.3, -0.25) is 4.79 Å². The highest BCUT2D eigenvalue weighted by atomic mass is 32.1. The third-order valence-corrected chi connectivity index (χ3v) is 3.60. The molecule has 0 aromatic carbocycles. The van der Waals surface area contributed by atoms with Gasteiger partial charge in [0.1, 0.15) is 0 Å². The van der Waals surface area contributed by atoms with E-state index in [1.807, 2.05) is 5.38 Å². The van der Waals surface area contributed by atoms with Gasteiger partial charge in [0.25, 0.3) is 5.91 Å². The maximum absolute atomic E-state index is 11.8. The Bertz CT molecular complexity index is 462. The predicted molar refractivity (Wildman–Crippen MR) is 64.9 cm³/mol. The average Bonchev–Trinajstić information content (AvgIpc) is 2.83. The Balaban J connectivity index is 2.16. The van der Waals surface area contributed by atoms with E-state index >= 15 is 0 Å². The van der Waals surface area contributed by atoms with Crippen LogP contribution in [-0.2, 0) is 4.79 Å². The lowest BCUT2D eigenvalue weighted by Gasteiger charge is -2.18. The van der Waals surface area contributed by atoms with E-state index in [4.69, 9.17) is 5.11 Å². The van der Waals surface area contributed by atoms with Crippen molar-refractivity contribution in [1.82, 2.24) is 5.32 Å². The zero-order chi connectivity index (χ0) is 12.3. The summed E-state index contributed by atoms with van der Waals surface area (Å²) >= 11 is 1.35. The first-order chi connectivity index (χ1) is 8.18. The summed E-state index contributed by atoms with van der Waals surface area (Å²) in [7, 11) is 0. The van der Waals surface area contributed by atoms with Crippen LogP contribution < -0.4 is 5.32 Å². The van der Waals surface area contributed by atoms with Crippen LogP contribution >= 0.6 is 11.3 Å². The third kappa shape index (κ3) is 2.74. The number of amides is 1. The summed E-state index contributed by atoms with van der Waals surface area (Å²) in [6.45, 7) is 0. The Kier molecular flexibility index (Phi) is 3.58. The number of allylic oxidation sites excluding steroid dienone is 1. The highest BCUT2D eigenvalue weighted by Crippen LogP contribution is 2.23. The fourth-order valence-corrected chi connectivity index (χ4v) is 2.50. The minimum atomic E-state index is -0.925. The zero-order valence-corrected chi connectivity index (χ0v) is 10.0. The standard InChI is InChI=1S/C12H13NO3S/c14-11(10-6-3-7-17-10)13-9-5-2-1-4-8(9)12(15)16/h3,6-7H,1-2,4-5H2,(H,13,14)(H,15,16). The van der Waals surface area contributed by atoms with E-state index in [1.54, 1.807) is 12.1 Å². The molecule has 0 saturated heterocycles. The van der Waals surface area contributed by atoms with Crippen molar-refractivity contribution in [3.8, 4) is 0 Å². The van der Waals surface area contributed by atoms with Crippen LogP contribution in [0, 0.1) is 0 Å². The molecule has 0 saturated carbocycles. The number of hydrogen-bond donors (Lipinski definition) is 2. The molecule has 1 aromatic heterocycles. The van der Waals surface area contributed by atoms with E-state index in [0.717, 1.165) is 12.8 Å².